The molecule has 13 heavy (non-hydrogen) atoms. The quantitative estimate of drug-likeness (QED) is 0.373. The number of hydrogen-bond acceptors (Lipinski definition) is 3. The molecule has 0 heterocycles. The zero-order chi connectivity index (χ0) is 9.94. The molecule has 0 spiro atoms. The van der Waals surface area contributed by atoms with E-state index in [9.17, 15) is 4.79 Å². The summed E-state index contributed by atoms with van der Waals surface area (Å²) in [6.45, 7) is 2.46. The van der Waals surface area contributed by atoms with Gasteiger partial charge in [0.2, 0.25) is 0 Å². The lowest BCUT2D eigenvalue weighted by molar-refractivity contribution is -0.137. The maximum Gasteiger partial charge on any atom is 0.330 e. The van der Waals surface area contributed by atoms with E-state index in [1.54, 1.807) is 6.92 Å². The van der Waals surface area contributed by atoms with Crippen LogP contribution in [-0.2, 0) is 9.53 Å². The smallest absolute Gasteiger partial charge is 0.330 e. The average molecular weight is 186 g/mol. The minimum Gasteiger partial charge on any atom is -0.463 e. The number of rotatable bonds is 7. The van der Waals surface area contributed by atoms with E-state index >= 15 is 0 Å². The van der Waals surface area contributed by atoms with E-state index in [1.165, 1.54) is 6.08 Å². The highest BCUT2D eigenvalue weighted by Crippen LogP contribution is 1.99. The predicted molar refractivity (Wildman–Crippen MR) is 51.3 cm³/mol. The van der Waals surface area contributed by atoms with Crippen LogP contribution in [0.1, 0.15) is 32.6 Å². The molecule has 0 atom stereocenters. The van der Waals surface area contributed by atoms with Crippen molar-refractivity contribution >= 4 is 5.97 Å². The van der Waals surface area contributed by atoms with Crippen molar-refractivity contribution in [2.24, 2.45) is 0 Å². The van der Waals surface area contributed by atoms with E-state index in [0.29, 0.717) is 6.61 Å². The summed E-state index contributed by atoms with van der Waals surface area (Å²) < 4.78 is 4.70. The van der Waals surface area contributed by atoms with E-state index in [2.05, 4.69) is 0 Å². The van der Waals surface area contributed by atoms with Crippen LogP contribution in [0.15, 0.2) is 12.2 Å². The van der Waals surface area contributed by atoms with Gasteiger partial charge >= 0.3 is 5.97 Å². The molecule has 1 N–H and O–H groups in total. The molecule has 3 nitrogen and oxygen atoms in total. The summed E-state index contributed by atoms with van der Waals surface area (Å²) in [5.74, 6) is -0.273. The van der Waals surface area contributed by atoms with Gasteiger partial charge in [-0.25, -0.2) is 4.79 Å². The maximum atomic E-state index is 10.8. The van der Waals surface area contributed by atoms with Crippen LogP contribution < -0.4 is 0 Å². The average Bonchev–Trinajstić information content (AvgIpc) is 2.11. The van der Waals surface area contributed by atoms with Crippen LogP contribution in [0.4, 0.5) is 0 Å². The highest BCUT2D eigenvalue weighted by Gasteiger charge is 1.91. The second-order valence-electron chi connectivity index (χ2n) is 2.73. The van der Waals surface area contributed by atoms with Gasteiger partial charge in [0.15, 0.2) is 0 Å². The molecule has 0 aromatic carbocycles. The van der Waals surface area contributed by atoms with Gasteiger partial charge in [0.1, 0.15) is 0 Å². The minimum absolute atomic E-state index is 0.252. The van der Waals surface area contributed by atoms with E-state index in [4.69, 9.17) is 9.84 Å². The topological polar surface area (TPSA) is 46.5 Å². The van der Waals surface area contributed by atoms with Crippen LogP contribution in [0.5, 0.6) is 0 Å². The number of ether oxygens (including phenoxy) is 1. The number of unbranched alkanes of at least 4 members (excludes halogenated alkanes) is 3. The number of carbonyl (C=O) groups excluding carboxylic acids is 1. The van der Waals surface area contributed by atoms with Crippen molar-refractivity contribution in [2.45, 2.75) is 32.6 Å². The molecule has 0 radical (unpaired) electrons. The molecular formula is C10H18O3. The second-order valence-corrected chi connectivity index (χ2v) is 2.73. The van der Waals surface area contributed by atoms with Gasteiger partial charge in [-0.2, -0.15) is 0 Å². The molecule has 0 aliphatic heterocycles. The lowest BCUT2D eigenvalue weighted by Crippen LogP contribution is -1.98. The standard InChI is InChI=1S/C10H18O3/c1-2-13-10(12)8-6-4-3-5-7-9-11/h6,8,11H,2-5,7,9H2,1H3/b8-6+. The summed E-state index contributed by atoms with van der Waals surface area (Å²) >= 11 is 0. The molecule has 0 saturated carbocycles. The molecule has 0 fully saturated rings. The van der Waals surface area contributed by atoms with Crippen molar-refractivity contribution < 1.29 is 14.6 Å². The summed E-state index contributed by atoms with van der Waals surface area (Å²) in [7, 11) is 0. The molecule has 0 unspecified atom stereocenters. The van der Waals surface area contributed by atoms with Crippen molar-refractivity contribution in [3.8, 4) is 0 Å². The fraction of sp³-hybridized carbons (Fsp3) is 0.700. The number of hydrogen-bond donors (Lipinski definition) is 1. The molecule has 0 amide bonds. The number of allylic oxidation sites excluding steroid dienone is 1. The van der Waals surface area contributed by atoms with E-state index in [1.807, 2.05) is 6.08 Å². The molecule has 0 aliphatic carbocycles. The first-order valence-electron chi connectivity index (χ1n) is 4.75. The summed E-state index contributed by atoms with van der Waals surface area (Å²) in [5.41, 5.74) is 0. The van der Waals surface area contributed by atoms with Crippen LogP contribution in [-0.4, -0.2) is 24.3 Å². The van der Waals surface area contributed by atoms with Crippen molar-refractivity contribution in [1.29, 1.82) is 0 Å². The number of esters is 1. The van der Waals surface area contributed by atoms with Crippen LogP contribution >= 0.6 is 0 Å². The SMILES string of the molecule is CCOC(=O)/C=C/CCCCCO. The zero-order valence-electron chi connectivity index (χ0n) is 8.16. The van der Waals surface area contributed by atoms with Gasteiger partial charge in [-0.3, -0.25) is 0 Å². The van der Waals surface area contributed by atoms with E-state index in [0.717, 1.165) is 25.7 Å². The van der Waals surface area contributed by atoms with Gasteiger partial charge in [-0.05, 0) is 26.2 Å². The molecule has 0 aliphatic rings. The minimum atomic E-state index is -0.273. The Balaban J connectivity index is 3.25. The molecular weight excluding hydrogens is 168 g/mol. The summed E-state index contributed by atoms with van der Waals surface area (Å²) in [4.78, 5) is 10.8. The lowest BCUT2D eigenvalue weighted by Gasteiger charge is -1.95. The highest BCUT2D eigenvalue weighted by atomic mass is 16.5. The molecule has 0 aromatic rings. The Morgan fingerprint density at radius 3 is 2.77 bits per heavy atom. The molecule has 0 bridgehead atoms. The number of aliphatic hydroxyl groups excluding tert-OH is 1. The number of carbonyl (C=O) groups is 1. The van der Waals surface area contributed by atoms with Gasteiger partial charge in [0.25, 0.3) is 0 Å². The van der Waals surface area contributed by atoms with Gasteiger partial charge < -0.3 is 9.84 Å². The lowest BCUT2D eigenvalue weighted by atomic mass is 10.2. The van der Waals surface area contributed by atoms with Crippen molar-refractivity contribution in [2.75, 3.05) is 13.2 Å². The van der Waals surface area contributed by atoms with Gasteiger partial charge in [-0.15, -0.1) is 0 Å². The predicted octanol–water partition coefficient (Wildman–Crippen LogP) is 1.66. The highest BCUT2D eigenvalue weighted by molar-refractivity contribution is 5.81. The first kappa shape index (κ1) is 12.2. The Morgan fingerprint density at radius 1 is 1.38 bits per heavy atom. The molecule has 76 valence electrons. The maximum absolute atomic E-state index is 10.8. The molecule has 0 rings (SSSR count). The van der Waals surface area contributed by atoms with Gasteiger partial charge in [-0.1, -0.05) is 12.5 Å². The fourth-order valence-electron chi connectivity index (χ4n) is 0.921. The van der Waals surface area contributed by atoms with E-state index in [-0.39, 0.29) is 12.6 Å². The van der Waals surface area contributed by atoms with E-state index < -0.39 is 0 Å². The van der Waals surface area contributed by atoms with Crippen molar-refractivity contribution in [3.05, 3.63) is 12.2 Å². The molecule has 0 aromatic heterocycles. The Bertz CT molecular complexity index is 152. The van der Waals surface area contributed by atoms with Crippen LogP contribution in [0.2, 0.25) is 0 Å². The van der Waals surface area contributed by atoms with Crippen molar-refractivity contribution in [3.63, 3.8) is 0 Å². The molecule has 3 heteroatoms. The Labute approximate surface area is 79.4 Å². The van der Waals surface area contributed by atoms with Crippen LogP contribution in [0.25, 0.3) is 0 Å². The number of aliphatic hydroxyl groups is 1. The Hall–Kier alpha value is -0.830. The Kier molecular flexibility index (Phi) is 8.67. The third kappa shape index (κ3) is 9.08. The normalized spacial score (nSPS) is 10.6. The summed E-state index contributed by atoms with van der Waals surface area (Å²) in [6, 6.07) is 0. The zero-order valence-corrected chi connectivity index (χ0v) is 8.16. The first-order valence-corrected chi connectivity index (χ1v) is 4.75. The fourth-order valence-corrected chi connectivity index (χ4v) is 0.921. The second kappa shape index (κ2) is 9.26. The van der Waals surface area contributed by atoms with Crippen LogP contribution in [0.3, 0.4) is 0 Å². The summed E-state index contributed by atoms with van der Waals surface area (Å²) in [5, 5.41) is 8.49. The monoisotopic (exact) mass is 186 g/mol. The van der Waals surface area contributed by atoms with Gasteiger partial charge in [0, 0.05) is 12.7 Å². The van der Waals surface area contributed by atoms with Crippen LogP contribution in [0, 0.1) is 0 Å². The first-order chi connectivity index (χ1) is 6.31. The van der Waals surface area contributed by atoms with Crippen molar-refractivity contribution in [1.82, 2.24) is 0 Å². The largest absolute Gasteiger partial charge is 0.463 e. The molecule has 0 saturated heterocycles. The Morgan fingerprint density at radius 2 is 2.15 bits per heavy atom. The summed E-state index contributed by atoms with van der Waals surface area (Å²) in [6.07, 6.45) is 7.00. The third-order valence-corrected chi connectivity index (χ3v) is 1.57. The van der Waals surface area contributed by atoms with Gasteiger partial charge in [0.05, 0.1) is 6.61 Å². The third-order valence-electron chi connectivity index (χ3n) is 1.57.